The molecular weight excluding hydrogens is 351 g/mol. The third kappa shape index (κ3) is 2.10. The molecule has 0 atom stereocenters. The van der Waals surface area contributed by atoms with Crippen LogP contribution in [0.3, 0.4) is 0 Å². The first-order valence-corrected chi connectivity index (χ1v) is 9.25. The van der Waals surface area contributed by atoms with Crippen LogP contribution in [0.2, 0.25) is 0 Å². The fraction of sp³-hybridized carbons (Fsp3) is 0.158. The minimum atomic E-state index is -0.191. The van der Waals surface area contributed by atoms with Crippen molar-refractivity contribution >= 4 is 36.7 Å². The van der Waals surface area contributed by atoms with Gasteiger partial charge in [-0.15, -0.1) is 0 Å². The van der Waals surface area contributed by atoms with Gasteiger partial charge in [-0.2, -0.15) is 0 Å². The Morgan fingerprint density at radius 2 is 1.74 bits per heavy atom. The van der Waals surface area contributed by atoms with Gasteiger partial charge >= 0.3 is 141 Å². The first-order valence-electron chi connectivity index (χ1n) is 7.54. The van der Waals surface area contributed by atoms with Crippen molar-refractivity contribution in [3.05, 3.63) is 70.4 Å². The molecule has 0 saturated heterocycles. The van der Waals surface area contributed by atoms with Gasteiger partial charge < -0.3 is 0 Å². The van der Waals surface area contributed by atoms with Crippen LogP contribution in [0.1, 0.15) is 34.5 Å². The molecule has 114 valence electrons. The van der Waals surface area contributed by atoms with Crippen molar-refractivity contribution in [3.8, 4) is 0 Å². The number of anilines is 3. The number of aldehydes is 1. The first-order chi connectivity index (χ1) is 11.1. The van der Waals surface area contributed by atoms with Gasteiger partial charge in [0, 0.05) is 0 Å². The van der Waals surface area contributed by atoms with E-state index in [-0.39, 0.29) is 19.9 Å². The molecular formula is C19H16N2OSe. The van der Waals surface area contributed by atoms with Crippen LogP contribution < -0.4 is 4.90 Å². The second-order valence-corrected chi connectivity index (χ2v) is 8.25. The molecule has 0 amide bonds. The number of nitrogens with zero attached hydrogens (tertiary/aromatic N) is 2. The van der Waals surface area contributed by atoms with E-state index in [1.165, 1.54) is 15.8 Å². The topological polar surface area (TPSA) is 33.2 Å². The Morgan fingerprint density at radius 1 is 1.04 bits per heavy atom. The first kappa shape index (κ1) is 14.4. The van der Waals surface area contributed by atoms with E-state index in [1.54, 1.807) is 0 Å². The van der Waals surface area contributed by atoms with E-state index in [0.717, 1.165) is 17.7 Å². The Morgan fingerprint density at radius 3 is 2.48 bits per heavy atom. The Balaban J connectivity index is 2.05. The molecule has 2 aromatic carbocycles. The summed E-state index contributed by atoms with van der Waals surface area (Å²) in [5, 5.41) is 0. The fourth-order valence-corrected chi connectivity index (χ4v) is 5.46. The van der Waals surface area contributed by atoms with Crippen LogP contribution in [-0.4, -0.2) is 25.8 Å². The molecule has 3 aromatic rings. The molecule has 1 aliphatic rings. The number of rotatable bonds is 2. The summed E-state index contributed by atoms with van der Waals surface area (Å²) in [5.74, 6) is 0. The monoisotopic (exact) mass is 368 g/mol. The Labute approximate surface area is 141 Å². The molecule has 3 nitrogen and oxygen atoms in total. The molecule has 4 rings (SSSR count). The standard InChI is InChI=1S/C19H16N2OSe/c1-19(2)14-10-6-7-11-15(14)21(13-8-4-3-5-9-13)18-17(19)20-16(12-22)23-18/h3-12H,1-2H3. The Kier molecular flexibility index (Phi) is 3.26. The van der Waals surface area contributed by atoms with Gasteiger partial charge in [0.05, 0.1) is 0 Å². The third-order valence-corrected chi connectivity index (χ3v) is 6.38. The van der Waals surface area contributed by atoms with Crippen molar-refractivity contribution in [2.45, 2.75) is 19.3 Å². The van der Waals surface area contributed by atoms with Crippen LogP contribution in [-0.2, 0) is 5.41 Å². The molecule has 23 heavy (non-hydrogen) atoms. The number of hydrogen-bond donors (Lipinski definition) is 0. The molecule has 1 aliphatic heterocycles. The Hall–Kier alpha value is -2.16. The van der Waals surface area contributed by atoms with Crippen molar-refractivity contribution in [2.24, 2.45) is 0 Å². The zero-order valence-electron chi connectivity index (χ0n) is 13.0. The number of carbonyl (C=O) groups is 1. The molecule has 2 heterocycles. The molecule has 0 saturated carbocycles. The van der Waals surface area contributed by atoms with Gasteiger partial charge in [-0.3, -0.25) is 0 Å². The summed E-state index contributed by atoms with van der Waals surface area (Å²) in [6.07, 6.45) is 0.905. The van der Waals surface area contributed by atoms with Crippen LogP contribution in [0.4, 0.5) is 15.9 Å². The van der Waals surface area contributed by atoms with Gasteiger partial charge in [0.2, 0.25) is 0 Å². The number of carbonyl (C=O) groups excluding carboxylic acids is 1. The summed E-state index contributed by atoms with van der Waals surface area (Å²) < 4.78 is 1.85. The molecule has 1 aromatic heterocycles. The number of fused-ring (bicyclic) bond motifs is 2. The van der Waals surface area contributed by atoms with Gasteiger partial charge in [-0.05, 0) is 0 Å². The summed E-state index contributed by atoms with van der Waals surface area (Å²) in [6.45, 7) is 4.38. The van der Waals surface area contributed by atoms with Gasteiger partial charge in [-0.1, -0.05) is 0 Å². The van der Waals surface area contributed by atoms with Crippen molar-refractivity contribution < 1.29 is 4.79 Å². The van der Waals surface area contributed by atoms with Crippen LogP contribution in [0.5, 0.6) is 0 Å². The zero-order valence-corrected chi connectivity index (χ0v) is 14.7. The number of hydrogen-bond acceptors (Lipinski definition) is 3. The molecule has 0 N–H and O–H groups in total. The predicted octanol–water partition coefficient (Wildman–Crippen LogP) is 4.06. The van der Waals surface area contributed by atoms with Crippen molar-refractivity contribution in [2.75, 3.05) is 4.90 Å². The van der Waals surface area contributed by atoms with E-state index in [1.807, 2.05) is 18.2 Å². The average molecular weight is 367 g/mol. The van der Waals surface area contributed by atoms with E-state index in [9.17, 15) is 4.79 Å². The number of para-hydroxylation sites is 2. The summed E-state index contributed by atoms with van der Waals surface area (Å²) >= 11 is -0.0578. The van der Waals surface area contributed by atoms with Gasteiger partial charge in [0.25, 0.3) is 0 Å². The quantitative estimate of drug-likeness (QED) is 0.506. The molecule has 0 unspecified atom stereocenters. The predicted molar refractivity (Wildman–Crippen MR) is 93.4 cm³/mol. The van der Waals surface area contributed by atoms with Crippen molar-refractivity contribution in [3.63, 3.8) is 0 Å². The second-order valence-electron chi connectivity index (χ2n) is 6.14. The van der Waals surface area contributed by atoms with E-state index < -0.39 is 0 Å². The molecule has 0 bridgehead atoms. The molecule has 0 aliphatic carbocycles. The normalized spacial score (nSPS) is 15.0. The average Bonchev–Trinajstić information content (AvgIpc) is 3.01. The zero-order chi connectivity index (χ0) is 16.0. The van der Waals surface area contributed by atoms with Crippen LogP contribution in [0.15, 0.2) is 54.6 Å². The van der Waals surface area contributed by atoms with E-state index >= 15 is 0 Å². The second kappa shape index (κ2) is 5.19. The van der Waals surface area contributed by atoms with Crippen LogP contribution >= 0.6 is 0 Å². The Bertz CT molecular complexity index is 883. The minimum absolute atomic E-state index is 0.0578. The van der Waals surface area contributed by atoms with Gasteiger partial charge in [0.1, 0.15) is 0 Å². The summed E-state index contributed by atoms with van der Waals surface area (Å²) in [7, 11) is 0. The fourth-order valence-electron chi connectivity index (χ4n) is 3.20. The summed E-state index contributed by atoms with van der Waals surface area (Å²) in [5.41, 5.74) is 4.39. The number of benzene rings is 2. The maximum atomic E-state index is 11.3. The van der Waals surface area contributed by atoms with Gasteiger partial charge in [0.15, 0.2) is 0 Å². The molecule has 0 radical (unpaired) electrons. The number of aromatic nitrogens is 1. The molecule has 0 spiro atoms. The van der Waals surface area contributed by atoms with E-state index in [2.05, 4.69) is 60.1 Å². The molecule has 4 heteroatoms. The van der Waals surface area contributed by atoms with Gasteiger partial charge in [-0.25, -0.2) is 0 Å². The maximum absolute atomic E-state index is 11.3. The summed E-state index contributed by atoms with van der Waals surface area (Å²) in [6, 6.07) is 18.8. The van der Waals surface area contributed by atoms with Crippen molar-refractivity contribution in [1.29, 1.82) is 0 Å². The molecule has 0 fully saturated rings. The van der Waals surface area contributed by atoms with E-state index in [4.69, 9.17) is 0 Å². The van der Waals surface area contributed by atoms with E-state index in [0.29, 0.717) is 4.57 Å². The van der Waals surface area contributed by atoms with Crippen LogP contribution in [0.25, 0.3) is 0 Å². The van der Waals surface area contributed by atoms with Crippen LogP contribution in [0, 0.1) is 0 Å². The third-order valence-electron chi connectivity index (χ3n) is 4.35. The van der Waals surface area contributed by atoms with Crippen molar-refractivity contribution in [1.82, 2.24) is 4.98 Å². The summed E-state index contributed by atoms with van der Waals surface area (Å²) in [4.78, 5) is 18.3. The SMILES string of the molecule is CC1(C)c2ccccc2N(c2ccccc2)c2[se]c(C=O)nc21.